The van der Waals surface area contributed by atoms with E-state index in [1.54, 1.807) is 0 Å². The van der Waals surface area contributed by atoms with E-state index in [1.807, 2.05) is 18.2 Å². The smallest absolute Gasteiger partial charge is 0.0482 e. The zero-order valence-electron chi connectivity index (χ0n) is 22.0. The highest BCUT2D eigenvalue weighted by Crippen LogP contribution is 2.52. The first-order valence-corrected chi connectivity index (χ1v) is 13.8. The van der Waals surface area contributed by atoms with Gasteiger partial charge in [0.25, 0.3) is 0 Å². The van der Waals surface area contributed by atoms with E-state index in [-0.39, 0.29) is 5.41 Å². The van der Waals surface area contributed by atoms with Gasteiger partial charge in [-0.05, 0) is 92.7 Å². The van der Waals surface area contributed by atoms with E-state index < -0.39 is 0 Å². The number of nitrogens with zero attached hydrogens (tertiary/aromatic N) is 1. The van der Waals surface area contributed by atoms with Gasteiger partial charge in [0.05, 0.1) is 0 Å². The summed E-state index contributed by atoms with van der Waals surface area (Å²) in [6, 6.07) is 47.4. The van der Waals surface area contributed by atoms with Gasteiger partial charge in [-0.3, -0.25) is 0 Å². The number of halogens is 1. The van der Waals surface area contributed by atoms with Crippen LogP contribution in [-0.4, -0.2) is 0 Å². The summed E-state index contributed by atoms with van der Waals surface area (Å²) in [6.07, 6.45) is 0. The first-order valence-electron chi connectivity index (χ1n) is 13.4. The van der Waals surface area contributed by atoms with Gasteiger partial charge in [0.2, 0.25) is 0 Å². The lowest BCUT2D eigenvalue weighted by Gasteiger charge is -2.26. The van der Waals surface area contributed by atoms with Crippen molar-refractivity contribution in [2.75, 3.05) is 4.90 Å². The van der Waals surface area contributed by atoms with Crippen molar-refractivity contribution in [2.45, 2.75) is 19.3 Å². The average Bonchev–Trinajstić information content (AvgIpc) is 3.20. The molecule has 0 unspecified atom stereocenters. The highest BCUT2D eigenvalue weighted by Gasteiger charge is 2.37. The molecule has 2 heteroatoms. The lowest BCUT2D eigenvalue weighted by atomic mass is 9.79. The standard InChI is InChI=1S/C37H28ClN/c1-37(2)35-23-26(18-19-33(35)34-20-17-25-11-9-10-16-32(25)36(34)37)27-21-28(38)24-31(22-27)39(29-12-5-3-6-13-29)30-14-7-4-8-15-30/h3-24H,1-2H3. The second kappa shape index (κ2) is 9.15. The molecule has 0 atom stereocenters. The first-order chi connectivity index (χ1) is 19.0. The Balaban J connectivity index is 1.37. The van der Waals surface area contributed by atoms with Gasteiger partial charge < -0.3 is 4.90 Å². The normalized spacial score (nSPS) is 13.2. The second-order valence-corrected chi connectivity index (χ2v) is 11.2. The summed E-state index contributed by atoms with van der Waals surface area (Å²) >= 11 is 6.80. The molecule has 0 fully saturated rings. The molecule has 39 heavy (non-hydrogen) atoms. The van der Waals surface area contributed by atoms with Crippen molar-refractivity contribution in [1.82, 2.24) is 0 Å². The Morgan fingerprint density at radius 1 is 0.538 bits per heavy atom. The van der Waals surface area contributed by atoms with Crippen LogP contribution in [-0.2, 0) is 5.41 Å². The van der Waals surface area contributed by atoms with Crippen LogP contribution in [0.2, 0.25) is 5.02 Å². The second-order valence-electron chi connectivity index (χ2n) is 10.8. The van der Waals surface area contributed by atoms with Gasteiger partial charge in [0.15, 0.2) is 0 Å². The quantitative estimate of drug-likeness (QED) is 0.223. The summed E-state index contributed by atoms with van der Waals surface area (Å²) < 4.78 is 0. The van der Waals surface area contributed by atoms with Crippen LogP contribution in [0.5, 0.6) is 0 Å². The van der Waals surface area contributed by atoms with Crippen LogP contribution in [0.1, 0.15) is 25.0 Å². The molecule has 6 aromatic carbocycles. The summed E-state index contributed by atoms with van der Waals surface area (Å²) in [5.41, 5.74) is 10.8. The van der Waals surface area contributed by atoms with Gasteiger partial charge in [-0.25, -0.2) is 0 Å². The third-order valence-electron chi connectivity index (χ3n) is 8.04. The Hall–Kier alpha value is -4.33. The van der Waals surface area contributed by atoms with Crippen LogP contribution in [0.3, 0.4) is 0 Å². The molecule has 188 valence electrons. The van der Waals surface area contributed by atoms with Crippen molar-refractivity contribution in [3.63, 3.8) is 0 Å². The van der Waals surface area contributed by atoms with E-state index in [2.05, 4.69) is 134 Å². The third-order valence-corrected chi connectivity index (χ3v) is 8.26. The lowest BCUT2D eigenvalue weighted by Crippen LogP contribution is -2.15. The fraction of sp³-hybridized carbons (Fsp3) is 0.0811. The van der Waals surface area contributed by atoms with Crippen molar-refractivity contribution in [2.24, 2.45) is 0 Å². The molecule has 0 saturated heterocycles. The zero-order chi connectivity index (χ0) is 26.6. The summed E-state index contributed by atoms with van der Waals surface area (Å²) in [7, 11) is 0. The molecule has 0 saturated carbocycles. The maximum absolute atomic E-state index is 6.80. The SMILES string of the molecule is CC1(C)c2cc(-c3cc(Cl)cc(N(c4ccccc4)c4ccccc4)c3)ccc2-c2ccc3ccccc3c21. The Kier molecular flexibility index (Phi) is 5.58. The molecule has 1 nitrogen and oxygen atoms in total. The van der Waals surface area contributed by atoms with E-state index in [9.17, 15) is 0 Å². The number of fused-ring (bicyclic) bond motifs is 5. The van der Waals surface area contributed by atoms with Crippen LogP contribution in [0, 0.1) is 0 Å². The molecule has 1 aliphatic carbocycles. The van der Waals surface area contributed by atoms with Crippen LogP contribution in [0.4, 0.5) is 17.1 Å². The molecule has 0 heterocycles. The third kappa shape index (κ3) is 3.93. The highest BCUT2D eigenvalue weighted by molar-refractivity contribution is 6.31. The van der Waals surface area contributed by atoms with Gasteiger partial charge in [-0.2, -0.15) is 0 Å². The molecule has 0 amide bonds. The Labute approximate surface area is 234 Å². The Morgan fingerprint density at radius 3 is 1.90 bits per heavy atom. The molecular formula is C37H28ClN. The molecular weight excluding hydrogens is 494 g/mol. The van der Waals surface area contributed by atoms with Gasteiger partial charge in [-0.15, -0.1) is 0 Å². The molecule has 0 aromatic heterocycles. The maximum Gasteiger partial charge on any atom is 0.0482 e. The Morgan fingerprint density at radius 2 is 1.18 bits per heavy atom. The number of anilines is 3. The molecule has 0 spiro atoms. The fourth-order valence-corrected chi connectivity index (χ4v) is 6.48. The molecule has 0 radical (unpaired) electrons. The summed E-state index contributed by atoms with van der Waals surface area (Å²) in [5, 5.41) is 3.34. The number of hydrogen-bond acceptors (Lipinski definition) is 1. The zero-order valence-corrected chi connectivity index (χ0v) is 22.8. The minimum absolute atomic E-state index is 0.108. The van der Waals surface area contributed by atoms with E-state index in [0.717, 1.165) is 22.6 Å². The van der Waals surface area contributed by atoms with E-state index in [0.29, 0.717) is 5.02 Å². The molecule has 6 aromatic rings. The average molecular weight is 522 g/mol. The predicted octanol–water partition coefficient (Wildman–Crippen LogP) is 10.9. The molecule has 1 aliphatic rings. The molecule has 0 aliphatic heterocycles. The minimum atomic E-state index is -0.108. The largest absolute Gasteiger partial charge is 0.310 e. The topological polar surface area (TPSA) is 3.24 Å². The molecule has 0 N–H and O–H groups in total. The Bertz CT molecular complexity index is 1800. The van der Waals surface area contributed by atoms with Gasteiger partial charge in [0.1, 0.15) is 0 Å². The van der Waals surface area contributed by atoms with Gasteiger partial charge in [0, 0.05) is 27.5 Å². The molecule has 0 bridgehead atoms. The fourth-order valence-electron chi connectivity index (χ4n) is 6.25. The van der Waals surface area contributed by atoms with E-state index in [4.69, 9.17) is 11.6 Å². The summed E-state index contributed by atoms with van der Waals surface area (Å²) in [6.45, 7) is 4.70. The van der Waals surface area contributed by atoms with Crippen molar-refractivity contribution < 1.29 is 0 Å². The van der Waals surface area contributed by atoms with Crippen molar-refractivity contribution in [3.8, 4) is 22.3 Å². The number of para-hydroxylation sites is 2. The number of benzene rings is 6. The predicted molar refractivity (Wildman–Crippen MR) is 167 cm³/mol. The number of rotatable bonds is 4. The minimum Gasteiger partial charge on any atom is -0.310 e. The van der Waals surface area contributed by atoms with Crippen LogP contribution in [0.15, 0.2) is 133 Å². The van der Waals surface area contributed by atoms with E-state index in [1.165, 1.54) is 38.6 Å². The van der Waals surface area contributed by atoms with Gasteiger partial charge >= 0.3 is 0 Å². The summed E-state index contributed by atoms with van der Waals surface area (Å²) in [4.78, 5) is 2.26. The number of hydrogen-bond donors (Lipinski definition) is 0. The van der Waals surface area contributed by atoms with Crippen LogP contribution < -0.4 is 4.90 Å². The first kappa shape index (κ1) is 23.8. The lowest BCUT2D eigenvalue weighted by molar-refractivity contribution is 0.666. The van der Waals surface area contributed by atoms with Gasteiger partial charge in [-0.1, -0.05) is 110 Å². The van der Waals surface area contributed by atoms with Crippen LogP contribution in [0.25, 0.3) is 33.0 Å². The summed E-state index contributed by atoms with van der Waals surface area (Å²) in [5.74, 6) is 0. The van der Waals surface area contributed by atoms with Crippen molar-refractivity contribution >= 4 is 39.4 Å². The maximum atomic E-state index is 6.80. The van der Waals surface area contributed by atoms with Crippen LogP contribution >= 0.6 is 11.6 Å². The monoisotopic (exact) mass is 521 g/mol. The molecule has 7 rings (SSSR count). The van der Waals surface area contributed by atoms with Crippen molar-refractivity contribution in [1.29, 1.82) is 0 Å². The van der Waals surface area contributed by atoms with Crippen molar-refractivity contribution in [3.05, 3.63) is 150 Å². The van der Waals surface area contributed by atoms with E-state index >= 15 is 0 Å². The highest BCUT2D eigenvalue weighted by atomic mass is 35.5.